The van der Waals surface area contributed by atoms with Crippen LogP contribution in [0.3, 0.4) is 0 Å². The molecule has 3 atom stereocenters. The van der Waals surface area contributed by atoms with Gasteiger partial charge >= 0.3 is 0 Å². The highest BCUT2D eigenvalue weighted by Gasteiger charge is 2.25. The van der Waals surface area contributed by atoms with Crippen LogP contribution in [0.1, 0.15) is 63.1 Å². The third-order valence-electron chi connectivity index (χ3n) is 4.39. The van der Waals surface area contributed by atoms with Gasteiger partial charge in [-0.3, -0.25) is 0 Å². The Labute approximate surface area is 112 Å². The molecule has 2 N–H and O–H groups in total. The minimum absolute atomic E-state index is 0.239. The molecule has 0 bridgehead atoms. The van der Waals surface area contributed by atoms with E-state index in [9.17, 15) is 0 Å². The number of benzene rings is 1. The van der Waals surface area contributed by atoms with Gasteiger partial charge in [0.05, 0.1) is 0 Å². The van der Waals surface area contributed by atoms with Crippen LogP contribution in [-0.2, 0) is 6.42 Å². The Hall–Kier alpha value is -0.820. The fourth-order valence-electron chi connectivity index (χ4n) is 3.27. The molecule has 0 aromatic heterocycles. The molecule has 1 aromatic carbocycles. The lowest BCUT2D eigenvalue weighted by atomic mass is 9.77. The van der Waals surface area contributed by atoms with E-state index in [-0.39, 0.29) is 6.04 Å². The fraction of sp³-hybridized carbons (Fsp3) is 0.647. The van der Waals surface area contributed by atoms with E-state index in [1.807, 2.05) is 0 Å². The van der Waals surface area contributed by atoms with Crippen molar-refractivity contribution in [3.63, 3.8) is 0 Å². The van der Waals surface area contributed by atoms with Crippen molar-refractivity contribution >= 4 is 0 Å². The zero-order valence-electron chi connectivity index (χ0n) is 11.9. The second kappa shape index (κ2) is 6.38. The van der Waals surface area contributed by atoms with Gasteiger partial charge in [0.2, 0.25) is 0 Å². The van der Waals surface area contributed by atoms with Crippen LogP contribution in [0.25, 0.3) is 0 Å². The second-order valence-electron chi connectivity index (χ2n) is 6.05. The molecule has 0 heterocycles. The van der Waals surface area contributed by atoms with Crippen LogP contribution in [-0.4, -0.2) is 0 Å². The molecular formula is C17H27N. The minimum Gasteiger partial charge on any atom is -0.324 e. The highest BCUT2D eigenvalue weighted by Crippen LogP contribution is 2.35. The van der Waals surface area contributed by atoms with Crippen LogP contribution in [0.2, 0.25) is 0 Å². The highest BCUT2D eigenvalue weighted by atomic mass is 14.7. The Kier molecular flexibility index (Phi) is 4.82. The Bertz CT molecular complexity index is 354. The monoisotopic (exact) mass is 245 g/mol. The third-order valence-corrected chi connectivity index (χ3v) is 4.39. The van der Waals surface area contributed by atoms with Crippen molar-refractivity contribution in [2.24, 2.45) is 17.6 Å². The first-order valence-electron chi connectivity index (χ1n) is 7.55. The topological polar surface area (TPSA) is 26.0 Å². The van der Waals surface area contributed by atoms with Crippen LogP contribution < -0.4 is 5.73 Å². The summed E-state index contributed by atoms with van der Waals surface area (Å²) in [6.07, 6.45) is 7.74. The molecule has 1 aliphatic carbocycles. The van der Waals surface area contributed by atoms with E-state index in [4.69, 9.17) is 5.73 Å². The average molecular weight is 245 g/mol. The first kappa shape index (κ1) is 13.6. The fourth-order valence-corrected chi connectivity index (χ4v) is 3.27. The largest absolute Gasteiger partial charge is 0.324 e. The maximum absolute atomic E-state index is 6.46. The van der Waals surface area contributed by atoms with Gasteiger partial charge < -0.3 is 5.73 Å². The molecule has 1 nitrogen and oxygen atoms in total. The normalized spacial score (nSPS) is 25.9. The molecule has 0 saturated heterocycles. The predicted octanol–water partition coefficient (Wildman–Crippen LogP) is 4.47. The molecule has 0 aliphatic heterocycles. The summed E-state index contributed by atoms with van der Waals surface area (Å²) in [5.74, 6) is 1.54. The molecule has 1 aromatic rings. The zero-order chi connectivity index (χ0) is 13.0. The van der Waals surface area contributed by atoms with Crippen LogP contribution in [0.5, 0.6) is 0 Å². The molecule has 100 valence electrons. The SMILES string of the molecule is CCCc1ccc(C(N)C2CCCC(C)C2)cc1. The van der Waals surface area contributed by atoms with E-state index in [1.54, 1.807) is 0 Å². The van der Waals surface area contributed by atoms with Gasteiger partial charge in [-0.15, -0.1) is 0 Å². The maximum Gasteiger partial charge on any atom is 0.0323 e. The Morgan fingerprint density at radius 3 is 2.56 bits per heavy atom. The number of hydrogen-bond acceptors (Lipinski definition) is 1. The number of rotatable bonds is 4. The van der Waals surface area contributed by atoms with E-state index in [0.29, 0.717) is 5.92 Å². The van der Waals surface area contributed by atoms with Gasteiger partial charge in [-0.1, -0.05) is 57.4 Å². The summed E-state index contributed by atoms with van der Waals surface area (Å²) in [6, 6.07) is 9.24. The van der Waals surface area contributed by atoms with Gasteiger partial charge in [0, 0.05) is 6.04 Å². The zero-order valence-corrected chi connectivity index (χ0v) is 11.9. The molecule has 0 amide bonds. The number of nitrogens with two attached hydrogens (primary N) is 1. The molecular weight excluding hydrogens is 218 g/mol. The van der Waals surface area contributed by atoms with E-state index in [2.05, 4.69) is 38.1 Å². The standard InChI is InChI=1S/C17H27N/c1-3-5-14-8-10-15(11-9-14)17(18)16-7-4-6-13(2)12-16/h8-11,13,16-17H,3-7,12,18H2,1-2H3. The molecule has 1 saturated carbocycles. The summed E-state index contributed by atoms with van der Waals surface area (Å²) >= 11 is 0. The van der Waals surface area contributed by atoms with Gasteiger partial charge in [-0.05, 0) is 42.2 Å². The van der Waals surface area contributed by atoms with E-state index < -0.39 is 0 Å². The van der Waals surface area contributed by atoms with Gasteiger partial charge in [0.1, 0.15) is 0 Å². The lowest BCUT2D eigenvalue weighted by molar-refractivity contribution is 0.248. The van der Waals surface area contributed by atoms with Gasteiger partial charge in [0.25, 0.3) is 0 Å². The van der Waals surface area contributed by atoms with Crippen LogP contribution in [0.4, 0.5) is 0 Å². The Morgan fingerprint density at radius 1 is 1.22 bits per heavy atom. The Balaban J connectivity index is 2.01. The summed E-state index contributed by atoms with van der Waals surface area (Å²) in [4.78, 5) is 0. The number of hydrogen-bond donors (Lipinski definition) is 1. The lowest BCUT2D eigenvalue weighted by Crippen LogP contribution is -2.26. The molecule has 1 aliphatic rings. The van der Waals surface area contributed by atoms with Gasteiger partial charge in [-0.25, -0.2) is 0 Å². The van der Waals surface area contributed by atoms with Gasteiger partial charge in [-0.2, -0.15) is 0 Å². The maximum atomic E-state index is 6.46. The molecule has 0 spiro atoms. The van der Waals surface area contributed by atoms with Crippen molar-refractivity contribution < 1.29 is 0 Å². The minimum atomic E-state index is 0.239. The van der Waals surface area contributed by atoms with E-state index >= 15 is 0 Å². The summed E-state index contributed by atoms with van der Waals surface area (Å²) in [6.45, 7) is 4.59. The second-order valence-corrected chi connectivity index (χ2v) is 6.05. The quantitative estimate of drug-likeness (QED) is 0.832. The molecule has 1 fully saturated rings. The van der Waals surface area contributed by atoms with Crippen molar-refractivity contribution in [2.45, 2.75) is 58.4 Å². The summed E-state index contributed by atoms with van der Waals surface area (Å²) in [7, 11) is 0. The Morgan fingerprint density at radius 2 is 1.94 bits per heavy atom. The van der Waals surface area contributed by atoms with Crippen LogP contribution >= 0.6 is 0 Å². The summed E-state index contributed by atoms with van der Waals surface area (Å²) < 4.78 is 0. The molecule has 0 radical (unpaired) electrons. The molecule has 1 heteroatoms. The van der Waals surface area contributed by atoms with E-state index in [0.717, 1.165) is 5.92 Å². The smallest absolute Gasteiger partial charge is 0.0323 e. The third kappa shape index (κ3) is 3.35. The van der Waals surface area contributed by atoms with Crippen molar-refractivity contribution in [1.29, 1.82) is 0 Å². The predicted molar refractivity (Wildman–Crippen MR) is 78.5 cm³/mol. The molecule has 3 unspecified atom stereocenters. The van der Waals surface area contributed by atoms with Gasteiger partial charge in [0.15, 0.2) is 0 Å². The van der Waals surface area contributed by atoms with Crippen molar-refractivity contribution in [3.05, 3.63) is 35.4 Å². The first-order chi connectivity index (χ1) is 8.70. The highest BCUT2D eigenvalue weighted by molar-refractivity contribution is 5.25. The summed E-state index contributed by atoms with van der Waals surface area (Å²) in [5.41, 5.74) is 9.22. The summed E-state index contributed by atoms with van der Waals surface area (Å²) in [5, 5.41) is 0. The average Bonchev–Trinajstić information content (AvgIpc) is 2.39. The lowest BCUT2D eigenvalue weighted by Gasteiger charge is -2.31. The van der Waals surface area contributed by atoms with Crippen LogP contribution in [0.15, 0.2) is 24.3 Å². The van der Waals surface area contributed by atoms with Crippen molar-refractivity contribution in [2.75, 3.05) is 0 Å². The molecule has 18 heavy (non-hydrogen) atoms. The van der Waals surface area contributed by atoms with Crippen molar-refractivity contribution in [1.82, 2.24) is 0 Å². The number of aryl methyl sites for hydroxylation is 1. The molecule has 2 rings (SSSR count). The van der Waals surface area contributed by atoms with Crippen LogP contribution in [0, 0.1) is 11.8 Å². The van der Waals surface area contributed by atoms with E-state index in [1.165, 1.54) is 49.7 Å². The van der Waals surface area contributed by atoms with Crippen molar-refractivity contribution in [3.8, 4) is 0 Å². The first-order valence-corrected chi connectivity index (χ1v) is 7.55.